The third-order valence-electron chi connectivity index (χ3n) is 5.17. The minimum atomic E-state index is -0.400. The van der Waals surface area contributed by atoms with Crippen LogP contribution in [-0.2, 0) is 4.74 Å². The van der Waals surface area contributed by atoms with Crippen LogP contribution in [0.25, 0.3) is 0 Å². The molecular weight excluding hydrogens is 264 g/mol. The fraction of sp³-hybridized carbons (Fsp3) is 0.941. The van der Waals surface area contributed by atoms with Gasteiger partial charge in [-0.1, -0.05) is 6.92 Å². The van der Waals surface area contributed by atoms with Gasteiger partial charge >= 0.3 is 6.09 Å². The summed E-state index contributed by atoms with van der Waals surface area (Å²) in [7, 11) is 0. The van der Waals surface area contributed by atoms with Gasteiger partial charge in [0.1, 0.15) is 5.60 Å². The lowest BCUT2D eigenvalue weighted by atomic mass is 9.66. The van der Waals surface area contributed by atoms with Crippen LogP contribution in [0.15, 0.2) is 0 Å². The molecule has 1 unspecified atom stereocenters. The summed E-state index contributed by atoms with van der Waals surface area (Å²) >= 11 is 0. The van der Waals surface area contributed by atoms with Crippen LogP contribution in [0.1, 0.15) is 60.3 Å². The molecule has 0 saturated carbocycles. The molecule has 2 rings (SSSR count). The van der Waals surface area contributed by atoms with E-state index in [1.807, 2.05) is 25.7 Å². The first-order valence-electron chi connectivity index (χ1n) is 8.41. The van der Waals surface area contributed by atoms with E-state index in [0.29, 0.717) is 11.5 Å². The Balaban J connectivity index is 1.88. The van der Waals surface area contributed by atoms with Gasteiger partial charge in [-0.3, -0.25) is 0 Å². The van der Waals surface area contributed by atoms with Gasteiger partial charge in [-0.15, -0.1) is 0 Å². The molecule has 2 aliphatic rings. The largest absolute Gasteiger partial charge is 0.444 e. The van der Waals surface area contributed by atoms with Crippen molar-refractivity contribution in [3.63, 3.8) is 0 Å². The Morgan fingerprint density at radius 2 is 1.90 bits per heavy atom. The number of ether oxygens (including phenoxy) is 1. The van der Waals surface area contributed by atoms with Crippen molar-refractivity contribution >= 4 is 6.09 Å². The van der Waals surface area contributed by atoms with Gasteiger partial charge in [0.25, 0.3) is 0 Å². The molecule has 2 saturated heterocycles. The normalized spacial score (nSPS) is 30.0. The molecule has 0 bridgehead atoms. The summed E-state index contributed by atoms with van der Waals surface area (Å²) in [5.41, 5.74) is -0.0167. The highest BCUT2D eigenvalue weighted by Gasteiger charge is 2.40. The molecule has 0 spiro atoms. The van der Waals surface area contributed by atoms with Gasteiger partial charge in [0.15, 0.2) is 0 Å². The Morgan fingerprint density at radius 3 is 2.43 bits per heavy atom. The fourth-order valence-electron chi connectivity index (χ4n) is 3.70. The van der Waals surface area contributed by atoms with Gasteiger partial charge in [-0.2, -0.15) is 0 Å². The molecule has 2 fully saturated rings. The van der Waals surface area contributed by atoms with E-state index in [4.69, 9.17) is 4.74 Å². The smallest absolute Gasteiger partial charge is 0.410 e. The first-order chi connectivity index (χ1) is 9.70. The molecule has 0 aromatic rings. The number of nitrogens with one attached hydrogen (secondary N) is 1. The maximum Gasteiger partial charge on any atom is 0.410 e. The molecule has 0 radical (unpaired) electrons. The van der Waals surface area contributed by atoms with E-state index in [1.54, 1.807) is 0 Å². The second-order valence-corrected chi connectivity index (χ2v) is 8.20. The Bertz CT molecular complexity index is 367. The van der Waals surface area contributed by atoms with Crippen molar-refractivity contribution in [3.8, 4) is 0 Å². The minimum absolute atomic E-state index is 0.150. The number of nitrogens with zero attached hydrogens (tertiary/aromatic N) is 1. The zero-order valence-corrected chi connectivity index (χ0v) is 14.4. The third kappa shape index (κ3) is 4.35. The Labute approximate surface area is 129 Å². The molecule has 0 aromatic carbocycles. The van der Waals surface area contributed by atoms with E-state index in [-0.39, 0.29) is 6.09 Å². The summed E-state index contributed by atoms with van der Waals surface area (Å²) < 4.78 is 5.48. The Kier molecular flexibility index (Phi) is 4.86. The van der Waals surface area contributed by atoms with Crippen molar-refractivity contribution < 1.29 is 9.53 Å². The predicted octanol–water partition coefficient (Wildman–Crippen LogP) is 3.41. The third-order valence-corrected chi connectivity index (χ3v) is 5.17. The summed E-state index contributed by atoms with van der Waals surface area (Å²) in [4.78, 5) is 14.0. The lowest BCUT2D eigenvalue weighted by Crippen LogP contribution is -2.49. The van der Waals surface area contributed by atoms with Crippen molar-refractivity contribution in [1.29, 1.82) is 0 Å². The number of hydrogen-bond acceptors (Lipinski definition) is 3. The molecule has 2 aliphatic heterocycles. The second kappa shape index (κ2) is 6.15. The highest BCUT2D eigenvalue weighted by atomic mass is 16.6. The van der Waals surface area contributed by atoms with Crippen LogP contribution < -0.4 is 5.32 Å². The van der Waals surface area contributed by atoms with Crippen molar-refractivity contribution in [3.05, 3.63) is 0 Å². The minimum Gasteiger partial charge on any atom is -0.444 e. The van der Waals surface area contributed by atoms with Gasteiger partial charge in [-0.05, 0) is 71.3 Å². The first kappa shape index (κ1) is 16.6. The van der Waals surface area contributed by atoms with Crippen LogP contribution in [0.5, 0.6) is 0 Å². The molecule has 4 nitrogen and oxygen atoms in total. The van der Waals surface area contributed by atoms with Gasteiger partial charge in [-0.25, -0.2) is 4.79 Å². The van der Waals surface area contributed by atoms with Crippen LogP contribution in [0, 0.1) is 11.3 Å². The van der Waals surface area contributed by atoms with Crippen molar-refractivity contribution in [2.75, 3.05) is 19.6 Å². The van der Waals surface area contributed by atoms with Crippen LogP contribution >= 0.6 is 0 Å². The number of hydrogen-bond donors (Lipinski definition) is 1. The number of rotatable bonds is 1. The molecule has 0 aromatic heterocycles. The molecule has 4 heteroatoms. The SMILES string of the molecule is C[C@H]1CC(C2(C)CCN(C(=O)OC(C)(C)C)CC2)CCN1. The van der Waals surface area contributed by atoms with E-state index in [0.717, 1.165) is 38.4 Å². The monoisotopic (exact) mass is 296 g/mol. The van der Waals surface area contributed by atoms with E-state index < -0.39 is 5.60 Å². The second-order valence-electron chi connectivity index (χ2n) is 8.20. The summed E-state index contributed by atoms with van der Waals surface area (Å²) in [6.45, 7) is 13.3. The summed E-state index contributed by atoms with van der Waals surface area (Å²) in [6.07, 6.45) is 4.59. The summed E-state index contributed by atoms with van der Waals surface area (Å²) in [5, 5.41) is 3.54. The highest BCUT2D eigenvalue weighted by molar-refractivity contribution is 5.68. The summed E-state index contributed by atoms with van der Waals surface area (Å²) in [5.74, 6) is 0.787. The van der Waals surface area contributed by atoms with Gasteiger partial charge in [0.2, 0.25) is 0 Å². The van der Waals surface area contributed by atoms with Crippen molar-refractivity contribution in [2.45, 2.75) is 71.9 Å². The standard InChI is InChI=1S/C17H32N2O2/c1-13-12-14(6-9-18-13)17(5)7-10-19(11-8-17)15(20)21-16(2,3)4/h13-14,18H,6-12H2,1-5H3/t13-,14?/m0/s1. The fourth-order valence-corrected chi connectivity index (χ4v) is 3.70. The molecule has 1 amide bonds. The quantitative estimate of drug-likeness (QED) is 0.806. The van der Waals surface area contributed by atoms with Crippen LogP contribution in [0.4, 0.5) is 4.79 Å². The predicted molar refractivity (Wildman–Crippen MR) is 85.3 cm³/mol. The van der Waals surface area contributed by atoms with Crippen molar-refractivity contribution in [2.24, 2.45) is 11.3 Å². The maximum atomic E-state index is 12.1. The van der Waals surface area contributed by atoms with Gasteiger partial charge in [0, 0.05) is 19.1 Å². The molecular formula is C17H32N2O2. The number of carbonyl (C=O) groups excluding carboxylic acids is 1. The molecule has 2 heterocycles. The van der Waals surface area contributed by atoms with E-state index in [9.17, 15) is 4.79 Å². The average molecular weight is 296 g/mol. The average Bonchev–Trinajstić information content (AvgIpc) is 2.37. The maximum absolute atomic E-state index is 12.1. The number of piperidine rings is 2. The zero-order chi connectivity index (χ0) is 15.7. The van der Waals surface area contributed by atoms with Crippen molar-refractivity contribution in [1.82, 2.24) is 10.2 Å². The Hall–Kier alpha value is -0.770. The first-order valence-corrected chi connectivity index (χ1v) is 8.41. The van der Waals surface area contributed by atoms with E-state index in [1.165, 1.54) is 12.8 Å². The lowest BCUT2D eigenvalue weighted by Gasteiger charge is -2.47. The Morgan fingerprint density at radius 1 is 1.29 bits per heavy atom. The van der Waals surface area contributed by atoms with E-state index >= 15 is 0 Å². The van der Waals surface area contributed by atoms with Gasteiger partial charge < -0.3 is 15.0 Å². The molecule has 1 N–H and O–H groups in total. The van der Waals surface area contributed by atoms with Crippen LogP contribution in [-0.4, -0.2) is 42.3 Å². The summed E-state index contributed by atoms with van der Waals surface area (Å²) in [6, 6.07) is 0.629. The number of amides is 1. The zero-order valence-electron chi connectivity index (χ0n) is 14.4. The number of likely N-dealkylation sites (tertiary alicyclic amines) is 1. The van der Waals surface area contributed by atoms with Crippen LogP contribution in [0.2, 0.25) is 0 Å². The number of carbonyl (C=O) groups is 1. The molecule has 0 aliphatic carbocycles. The van der Waals surface area contributed by atoms with Gasteiger partial charge in [0.05, 0.1) is 0 Å². The molecule has 2 atom stereocenters. The highest BCUT2D eigenvalue weighted by Crippen LogP contribution is 2.43. The van der Waals surface area contributed by atoms with E-state index in [2.05, 4.69) is 19.2 Å². The molecule has 21 heavy (non-hydrogen) atoms. The van der Waals surface area contributed by atoms with Crippen LogP contribution in [0.3, 0.4) is 0 Å². The topological polar surface area (TPSA) is 41.6 Å². The lowest BCUT2D eigenvalue weighted by molar-refractivity contribution is -0.00141. The molecule has 122 valence electrons.